The summed E-state index contributed by atoms with van der Waals surface area (Å²) in [5, 5.41) is 16.9. The standard InChI is InChI=1S/C11H21N3O/c1-4-6-11(2,9-15)12-8-10-5-7-14(3)13-10/h5,7,12,15H,4,6,8-9H2,1-3H3. The van der Waals surface area contributed by atoms with E-state index in [2.05, 4.69) is 17.3 Å². The number of hydrogen-bond donors (Lipinski definition) is 2. The third kappa shape index (κ3) is 3.64. The minimum absolute atomic E-state index is 0.160. The highest BCUT2D eigenvalue weighted by atomic mass is 16.3. The Labute approximate surface area is 91.3 Å². The topological polar surface area (TPSA) is 50.1 Å². The average Bonchev–Trinajstić information content (AvgIpc) is 2.62. The maximum absolute atomic E-state index is 9.31. The van der Waals surface area contributed by atoms with Crippen molar-refractivity contribution in [2.24, 2.45) is 7.05 Å². The Morgan fingerprint density at radius 3 is 2.80 bits per heavy atom. The SMILES string of the molecule is CCCC(C)(CO)NCc1ccn(C)n1. The average molecular weight is 211 g/mol. The highest BCUT2D eigenvalue weighted by Crippen LogP contribution is 2.12. The molecule has 0 bridgehead atoms. The molecule has 2 N–H and O–H groups in total. The fraction of sp³-hybridized carbons (Fsp3) is 0.727. The Balaban J connectivity index is 2.47. The van der Waals surface area contributed by atoms with E-state index in [0.29, 0.717) is 6.54 Å². The Bertz CT molecular complexity index is 298. The summed E-state index contributed by atoms with van der Waals surface area (Å²) in [5.41, 5.74) is 0.819. The van der Waals surface area contributed by atoms with Crippen molar-refractivity contribution in [2.75, 3.05) is 6.61 Å². The van der Waals surface area contributed by atoms with Crippen LogP contribution in [0.4, 0.5) is 0 Å². The van der Waals surface area contributed by atoms with Crippen molar-refractivity contribution in [1.29, 1.82) is 0 Å². The second kappa shape index (κ2) is 5.28. The number of nitrogens with zero attached hydrogens (tertiary/aromatic N) is 2. The first kappa shape index (κ1) is 12.2. The van der Waals surface area contributed by atoms with E-state index >= 15 is 0 Å². The lowest BCUT2D eigenvalue weighted by atomic mass is 9.97. The predicted octanol–water partition coefficient (Wildman–Crippen LogP) is 1.06. The van der Waals surface area contributed by atoms with Gasteiger partial charge in [-0.1, -0.05) is 13.3 Å². The van der Waals surface area contributed by atoms with Crippen molar-refractivity contribution in [1.82, 2.24) is 15.1 Å². The molecule has 0 saturated heterocycles. The lowest BCUT2D eigenvalue weighted by Gasteiger charge is -2.28. The zero-order chi connectivity index (χ0) is 11.3. The molecule has 0 aliphatic heterocycles. The highest BCUT2D eigenvalue weighted by molar-refractivity contribution is 4.99. The number of aliphatic hydroxyl groups is 1. The van der Waals surface area contributed by atoms with Gasteiger partial charge in [-0.2, -0.15) is 5.10 Å². The van der Waals surface area contributed by atoms with E-state index in [9.17, 15) is 5.11 Å². The summed E-state index contributed by atoms with van der Waals surface area (Å²) in [6.45, 7) is 5.03. The van der Waals surface area contributed by atoms with E-state index in [1.807, 2.05) is 26.2 Å². The zero-order valence-electron chi connectivity index (χ0n) is 9.82. The normalized spacial score (nSPS) is 15.2. The maximum atomic E-state index is 9.31. The van der Waals surface area contributed by atoms with E-state index in [0.717, 1.165) is 18.5 Å². The summed E-state index contributed by atoms with van der Waals surface area (Å²) in [6, 6.07) is 1.98. The van der Waals surface area contributed by atoms with Gasteiger partial charge in [0, 0.05) is 25.3 Å². The number of rotatable bonds is 6. The second-order valence-electron chi connectivity index (χ2n) is 4.30. The van der Waals surface area contributed by atoms with Gasteiger partial charge in [0.2, 0.25) is 0 Å². The van der Waals surface area contributed by atoms with Gasteiger partial charge in [0.25, 0.3) is 0 Å². The first-order chi connectivity index (χ1) is 7.09. The van der Waals surface area contributed by atoms with E-state index < -0.39 is 0 Å². The molecular formula is C11H21N3O. The molecule has 0 saturated carbocycles. The van der Waals surface area contributed by atoms with Gasteiger partial charge in [-0.15, -0.1) is 0 Å². The van der Waals surface area contributed by atoms with E-state index in [1.54, 1.807) is 4.68 Å². The highest BCUT2D eigenvalue weighted by Gasteiger charge is 2.21. The van der Waals surface area contributed by atoms with Crippen LogP contribution in [0.15, 0.2) is 12.3 Å². The lowest BCUT2D eigenvalue weighted by molar-refractivity contribution is 0.163. The van der Waals surface area contributed by atoms with Crippen LogP contribution < -0.4 is 5.32 Å². The molecule has 4 heteroatoms. The van der Waals surface area contributed by atoms with Gasteiger partial charge >= 0.3 is 0 Å². The summed E-state index contributed by atoms with van der Waals surface area (Å²) in [4.78, 5) is 0. The van der Waals surface area contributed by atoms with E-state index in [1.165, 1.54) is 0 Å². The van der Waals surface area contributed by atoms with Crippen LogP contribution in [0.25, 0.3) is 0 Å². The molecule has 0 radical (unpaired) electrons. The van der Waals surface area contributed by atoms with Crippen molar-refractivity contribution >= 4 is 0 Å². The summed E-state index contributed by atoms with van der Waals surface area (Å²) >= 11 is 0. The summed E-state index contributed by atoms with van der Waals surface area (Å²) in [5.74, 6) is 0. The molecule has 1 heterocycles. The number of aryl methyl sites for hydroxylation is 1. The number of nitrogens with one attached hydrogen (secondary N) is 1. The van der Waals surface area contributed by atoms with Crippen LogP contribution in [-0.4, -0.2) is 27.0 Å². The fourth-order valence-corrected chi connectivity index (χ4v) is 1.64. The number of aromatic nitrogens is 2. The molecule has 0 fully saturated rings. The quantitative estimate of drug-likeness (QED) is 0.740. The van der Waals surface area contributed by atoms with Gasteiger partial charge < -0.3 is 10.4 Å². The van der Waals surface area contributed by atoms with E-state index in [-0.39, 0.29) is 12.1 Å². The lowest BCUT2D eigenvalue weighted by Crippen LogP contribution is -2.45. The Kier molecular flexibility index (Phi) is 4.29. The first-order valence-electron chi connectivity index (χ1n) is 5.44. The molecule has 86 valence electrons. The van der Waals surface area contributed by atoms with Crippen LogP contribution in [0, 0.1) is 0 Å². The van der Waals surface area contributed by atoms with Gasteiger partial charge in [-0.05, 0) is 19.4 Å². The Morgan fingerprint density at radius 2 is 2.33 bits per heavy atom. The molecule has 0 aromatic carbocycles. The van der Waals surface area contributed by atoms with Crippen molar-refractivity contribution in [3.8, 4) is 0 Å². The van der Waals surface area contributed by atoms with Crippen molar-refractivity contribution in [3.63, 3.8) is 0 Å². The smallest absolute Gasteiger partial charge is 0.0762 e. The van der Waals surface area contributed by atoms with Crippen LogP contribution in [0.5, 0.6) is 0 Å². The largest absolute Gasteiger partial charge is 0.394 e. The molecule has 1 unspecified atom stereocenters. The zero-order valence-corrected chi connectivity index (χ0v) is 9.82. The van der Waals surface area contributed by atoms with Gasteiger partial charge in [0.05, 0.1) is 12.3 Å². The van der Waals surface area contributed by atoms with Gasteiger partial charge in [0.1, 0.15) is 0 Å². The van der Waals surface area contributed by atoms with Gasteiger partial charge in [-0.25, -0.2) is 0 Å². The first-order valence-corrected chi connectivity index (χ1v) is 5.44. The Morgan fingerprint density at radius 1 is 1.60 bits per heavy atom. The van der Waals surface area contributed by atoms with Crippen LogP contribution >= 0.6 is 0 Å². The molecule has 0 spiro atoms. The monoisotopic (exact) mass is 211 g/mol. The molecule has 1 rings (SSSR count). The fourth-order valence-electron chi connectivity index (χ4n) is 1.64. The summed E-state index contributed by atoms with van der Waals surface area (Å²) in [7, 11) is 1.90. The molecule has 0 aliphatic rings. The Hall–Kier alpha value is -0.870. The number of aliphatic hydroxyl groups excluding tert-OH is 1. The molecule has 1 atom stereocenters. The molecule has 0 amide bonds. The van der Waals surface area contributed by atoms with Crippen molar-refractivity contribution < 1.29 is 5.11 Å². The molecule has 15 heavy (non-hydrogen) atoms. The summed E-state index contributed by atoms with van der Waals surface area (Å²) in [6.07, 6.45) is 3.95. The predicted molar refractivity (Wildman–Crippen MR) is 60.4 cm³/mol. The van der Waals surface area contributed by atoms with Gasteiger partial charge in [-0.3, -0.25) is 4.68 Å². The second-order valence-corrected chi connectivity index (χ2v) is 4.30. The van der Waals surface area contributed by atoms with Gasteiger partial charge in [0.15, 0.2) is 0 Å². The van der Waals surface area contributed by atoms with Crippen LogP contribution in [0.1, 0.15) is 32.4 Å². The number of hydrogen-bond acceptors (Lipinski definition) is 3. The molecular weight excluding hydrogens is 190 g/mol. The van der Waals surface area contributed by atoms with Crippen LogP contribution in [0.3, 0.4) is 0 Å². The third-order valence-electron chi connectivity index (χ3n) is 2.62. The molecule has 4 nitrogen and oxygen atoms in total. The molecule has 0 aliphatic carbocycles. The maximum Gasteiger partial charge on any atom is 0.0762 e. The third-order valence-corrected chi connectivity index (χ3v) is 2.62. The minimum Gasteiger partial charge on any atom is -0.394 e. The molecule has 1 aromatic rings. The van der Waals surface area contributed by atoms with E-state index in [4.69, 9.17) is 0 Å². The molecule has 1 aromatic heterocycles. The van der Waals surface area contributed by atoms with Crippen molar-refractivity contribution in [3.05, 3.63) is 18.0 Å². The van der Waals surface area contributed by atoms with Crippen LogP contribution in [-0.2, 0) is 13.6 Å². The summed E-state index contributed by atoms with van der Waals surface area (Å²) < 4.78 is 1.78. The van der Waals surface area contributed by atoms with Crippen molar-refractivity contribution in [2.45, 2.75) is 38.8 Å². The van der Waals surface area contributed by atoms with Crippen LogP contribution in [0.2, 0.25) is 0 Å². The minimum atomic E-state index is -0.188.